The van der Waals surface area contributed by atoms with E-state index in [0.717, 1.165) is 25.7 Å². The molecular weight excluding hydrogens is 236 g/mol. The van der Waals surface area contributed by atoms with E-state index in [1.165, 1.54) is 0 Å². The SMILES string of the molecule is NCCc1c(C(=O)O)nnn1C1CCCCC1O. The van der Waals surface area contributed by atoms with Crippen molar-refractivity contribution >= 4 is 5.97 Å². The van der Waals surface area contributed by atoms with Gasteiger partial charge in [0, 0.05) is 6.42 Å². The molecule has 7 nitrogen and oxygen atoms in total. The first-order valence-corrected chi connectivity index (χ1v) is 6.20. The predicted molar refractivity (Wildman–Crippen MR) is 63.3 cm³/mol. The van der Waals surface area contributed by atoms with E-state index in [2.05, 4.69) is 10.3 Å². The topological polar surface area (TPSA) is 114 Å². The maximum absolute atomic E-state index is 11.1. The highest BCUT2D eigenvalue weighted by atomic mass is 16.4. The Labute approximate surface area is 105 Å². The second kappa shape index (κ2) is 5.45. The van der Waals surface area contributed by atoms with Crippen molar-refractivity contribution in [3.8, 4) is 0 Å². The lowest BCUT2D eigenvalue weighted by Crippen LogP contribution is -2.30. The van der Waals surface area contributed by atoms with Gasteiger partial charge in [-0.25, -0.2) is 9.48 Å². The lowest BCUT2D eigenvalue weighted by molar-refractivity contribution is 0.0658. The zero-order chi connectivity index (χ0) is 13.1. The monoisotopic (exact) mass is 254 g/mol. The Balaban J connectivity index is 2.34. The number of carboxylic acids is 1. The van der Waals surface area contributed by atoms with Gasteiger partial charge in [-0.3, -0.25) is 0 Å². The second-order valence-corrected chi connectivity index (χ2v) is 4.59. The van der Waals surface area contributed by atoms with Gasteiger partial charge in [-0.15, -0.1) is 5.10 Å². The summed E-state index contributed by atoms with van der Waals surface area (Å²) in [6.45, 7) is 0.330. The molecule has 0 aliphatic heterocycles. The molecule has 1 fully saturated rings. The van der Waals surface area contributed by atoms with Crippen molar-refractivity contribution in [2.75, 3.05) is 6.54 Å². The van der Waals surface area contributed by atoms with Crippen LogP contribution in [0.25, 0.3) is 0 Å². The highest BCUT2D eigenvalue weighted by Crippen LogP contribution is 2.29. The molecule has 100 valence electrons. The van der Waals surface area contributed by atoms with Gasteiger partial charge in [0.1, 0.15) is 0 Å². The molecule has 0 radical (unpaired) electrons. The summed E-state index contributed by atoms with van der Waals surface area (Å²) < 4.78 is 1.56. The van der Waals surface area contributed by atoms with Crippen molar-refractivity contribution in [2.45, 2.75) is 44.2 Å². The van der Waals surface area contributed by atoms with Gasteiger partial charge in [0.2, 0.25) is 0 Å². The maximum atomic E-state index is 11.1. The van der Waals surface area contributed by atoms with E-state index in [0.29, 0.717) is 18.7 Å². The first kappa shape index (κ1) is 13.0. The summed E-state index contributed by atoms with van der Waals surface area (Å²) in [5.74, 6) is -1.10. The molecule has 4 N–H and O–H groups in total. The van der Waals surface area contributed by atoms with Crippen LogP contribution in [0.4, 0.5) is 0 Å². The minimum atomic E-state index is -1.10. The Morgan fingerprint density at radius 2 is 2.17 bits per heavy atom. The second-order valence-electron chi connectivity index (χ2n) is 4.59. The minimum Gasteiger partial charge on any atom is -0.476 e. The van der Waals surface area contributed by atoms with E-state index in [1.54, 1.807) is 4.68 Å². The number of carboxylic acid groups (broad SMARTS) is 1. The maximum Gasteiger partial charge on any atom is 0.358 e. The molecule has 18 heavy (non-hydrogen) atoms. The van der Waals surface area contributed by atoms with Crippen molar-refractivity contribution in [2.24, 2.45) is 5.73 Å². The highest BCUT2D eigenvalue weighted by molar-refractivity contribution is 5.86. The number of rotatable bonds is 4. The Morgan fingerprint density at radius 1 is 1.44 bits per heavy atom. The lowest BCUT2D eigenvalue weighted by atomic mass is 9.92. The quantitative estimate of drug-likeness (QED) is 0.694. The fourth-order valence-corrected chi connectivity index (χ4v) is 2.49. The smallest absolute Gasteiger partial charge is 0.358 e. The number of hydrogen-bond acceptors (Lipinski definition) is 5. The van der Waals surface area contributed by atoms with E-state index in [1.807, 2.05) is 0 Å². The van der Waals surface area contributed by atoms with Gasteiger partial charge in [0.15, 0.2) is 5.69 Å². The predicted octanol–water partition coefficient (Wildman–Crippen LogP) is -0.0465. The van der Waals surface area contributed by atoms with Crippen molar-refractivity contribution in [1.82, 2.24) is 15.0 Å². The Bertz CT molecular complexity index is 432. The molecule has 0 aromatic carbocycles. The summed E-state index contributed by atoms with van der Waals surface area (Å²) in [5, 5.41) is 26.6. The van der Waals surface area contributed by atoms with Crippen molar-refractivity contribution in [3.05, 3.63) is 11.4 Å². The molecular formula is C11H18N4O3. The van der Waals surface area contributed by atoms with E-state index < -0.39 is 12.1 Å². The molecule has 1 aliphatic carbocycles. The zero-order valence-electron chi connectivity index (χ0n) is 10.1. The summed E-state index contributed by atoms with van der Waals surface area (Å²) in [7, 11) is 0. The molecule has 2 atom stereocenters. The Hall–Kier alpha value is -1.47. The van der Waals surface area contributed by atoms with Crippen LogP contribution in [0, 0.1) is 0 Å². The van der Waals surface area contributed by atoms with Crippen LogP contribution in [0.5, 0.6) is 0 Å². The first-order valence-electron chi connectivity index (χ1n) is 6.20. The lowest BCUT2D eigenvalue weighted by Gasteiger charge is -2.28. The first-order chi connectivity index (χ1) is 8.65. The number of carbonyl (C=O) groups is 1. The number of hydrogen-bond donors (Lipinski definition) is 3. The van der Waals surface area contributed by atoms with Crippen molar-refractivity contribution < 1.29 is 15.0 Å². The van der Waals surface area contributed by atoms with E-state index >= 15 is 0 Å². The number of aliphatic hydroxyl groups is 1. The fraction of sp³-hybridized carbons (Fsp3) is 0.727. The number of aromatic carboxylic acids is 1. The van der Waals surface area contributed by atoms with Gasteiger partial charge < -0.3 is 15.9 Å². The highest BCUT2D eigenvalue weighted by Gasteiger charge is 2.29. The Kier molecular flexibility index (Phi) is 3.93. The van der Waals surface area contributed by atoms with Crippen molar-refractivity contribution in [1.29, 1.82) is 0 Å². The number of aromatic nitrogens is 3. The fourth-order valence-electron chi connectivity index (χ4n) is 2.49. The van der Waals surface area contributed by atoms with Crippen LogP contribution in [-0.4, -0.2) is 43.8 Å². The van der Waals surface area contributed by atoms with E-state index in [4.69, 9.17) is 10.8 Å². The molecule has 2 rings (SSSR count). The average molecular weight is 254 g/mol. The molecule has 2 unspecified atom stereocenters. The zero-order valence-corrected chi connectivity index (χ0v) is 10.1. The molecule has 1 aliphatic rings. The molecule has 1 aromatic rings. The summed E-state index contributed by atoms with van der Waals surface area (Å²) in [4.78, 5) is 11.1. The van der Waals surface area contributed by atoms with Gasteiger partial charge in [-0.05, 0) is 19.4 Å². The molecule has 1 saturated carbocycles. The van der Waals surface area contributed by atoms with Gasteiger partial charge in [0.05, 0.1) is 17.8 Å². The van der Waals surface area contributed by atoms with Crippen LogP contribution in [0.15, 0.2) is 0 Å². The summed E-state index contributed by atoms with van der Waals surface area (Å²) >= 11 is 0. The van der Waals surface area contributed by atoms with Crippen LogP contribution in [0.2, 0.25) is 0 Å². The van der Waals surface area contributed by atoms with Crippen LogP contribution in [0.1, 0.15) is 47.9 Å². The van der Waals surface area contributed by atoms with Crippen molar-refractivity contribution in [3.63, 3.8) is 0 Å². The molecule has 1 heterocycles. The summed E-state index contributed by atoms with van der Waals surface area (Å²) in [6.07, 6.45) is 3.42. The third-order valence-corrected chi connectivity index (χ3v) is 3.38. The van der Waals surface area contributed by atoms with Gasteiger partial charge in [-0.1, -0.05) is 18.1 Å². The number of aliphatic hydroxyl groups excluding tert-OH is 1. The van der Waals surface area contributed by atoms with Crippen LogP contribution >= 0.6 is 0 Å². The molecule has 0 amide bonds. The van der Waals surface area contributed by atoms with E-state index in [9.17, 15) is 9.90 Å². The van der Waals surface area contributed by atoms with Crippen LogP contribution < -0.4 is 5.73 Å². The molecule has 1 aromatic heterocycles. The largest absolute Gasteiger partial charge is 0.476 e. The van der Waals surface area contributed by atoms with Gasteiger partial charge in [-0.2, -0.15) is 0 Å². The standard InChI is InChI=1S/C11H18N4O3/c12-6-5-8-10(11(17)18)13-14-15(8)7-3-1-2-4-9(7)16/h7,9,16H,1-6,12H2,(H,17,18). The summed E-state index contributed by atoms with van der Waals surface area (Å²) in [5.41, 5.74) is 5.95. The third kappa shape index (κ3) is 2.37. The Morgan fingerprint density at radius 3 is 2.78 bits per heavy atom. The molecule has 0 spiro atoms. The molecule has 0 bridgehead atoms. The van der Waals surface area contributed by atoms with Gasteiger partial charge in [0.25, 0.3) is 0 Å². The third-order valence-electron chi connectivity index (χ3n) is 3.38. The van der Waals surface area contributed by atoms with Crippen LogP contribution in [-0.2, 0) is 6.42 Å². The number of nitrogens with zero attached hydrogens (tertiary/aromatic N) is 3. The molecule has 0 saturated heterocycles. The molecule has 7 heteroatoms. The minimum absolute atomic E-state index is 0.0572. The van der Waals surface area contributed by atoms with Gasteiger partial charge >= 0.3 is 5.97 Å². The normalized spacial score (nSPS) is 24.1. The number of nitrogens with two attached hydrogens (primary N) is 1. The summed E-state index contributed by atoms with van der Waals surface area (Å²) in [6, 6.07) is -0.180. The average Bonchev–Trinajstić information content (AvgIpc) is 2.74. The van der Waals surface area contributed by atoms with E-state index in [-0.39, 0.29) is 11.7 Å². The van der Waals surface area contributed by atoms with Crippen LogP contribution in [0.3, 0.4) is 0 Å².